The summed E-state index contributed by atoms with van der Waals surface area (Å²) in [6.45, 7) is 5.25. The summed E-state index contributed by atoms with van der Waals surface area (Å²) in [5.41, 5.74) is 8.30. The van der Waals surface area contributed by atoms with Crippen molar-refractivity contribution in [3.05, 3.63) is 28.8 Å². The van der Waals surface area contributed by atoms with Crippen molar-refractivity contribution < 1.29 is 0 Å². The number of hydrogen-bond acceptors (Lipinski definition) is 3. The third-order valence-corrected chi connectivity index (χ3v) is 4.67. The highest BCUT2D eigenvalue weighted by Crippen LogP contribution is 2.28. The summed E-state index contributed by atoms with van der Waals surface area (Å²) in [5, 5.41) is 0.778. The van der Waals surface area contributed by atoms with Crippen molar-refractivity contribution in [1.82, 2.24) is 4.90 Å². The largest absolute Gasteiger partial charge is 0.368 e. The van der Waals surface area contributed by atoms with Crippen molar-refractivity contribution in [2.24, 2.45) is 5.73 Å². The van der Waals surface area contributed by atoms with Crippen molar-refractivity contribution in [3.63, 3.8) is 0 Å². The van der Waals surface area contributed by atoms with Crippen LogP contribution in [0, 0.1) is 0 Å². The van der Waals surface area contributed by atoms with Crippen LogP contribution in [0.25, 0.3) is 0 Å². The predicted octanol–water partition coefficient (Wildman–Crippen LogP) is 2.47. The van der Waals surface area contributed by atoms with Crippen LogP contribution >= 0.6 is 11.6 Å². The quantitative estimate of drug-likeness (QED) is 0.903. The molecule has 0 amide bonds. The van der Waals surface area contributed by atoms with E-state index in [1.807, 2.05) is 12.1 Å². The van der Waals surface area contributed by atoms with E-state index in [0.29, 0.717) is 6.54 Å². The molecule has 0 spiro atoms. The van der Waals surface area contributed by atoms with E-state index in [1.165, 1.54) is 38.0 Å². The molecule has 1 aromatic rings. The molecule has 0 saturated carbocycles. The lowest BCUT2D eigenvalue weighted by atomic mass is 9.98. The fourth-order valence-electron chi connectivity index (χ4n) is 3.40. The Bertz CT molecular complexity index is 449. The first-order valence-corrected chi connectivity index (χ1v) is 7.63. The zero-order valence-electron chi connectivity index (χ0n) is 11.3. The molecule has 1 atom stereocenters. The maximum absolute atomic E-state index is 6.06. The predicted molar refractivity (Wildman–Crippen MR) is 80.8 cm³/mol. The first kappa shape index (κ1) is 13.2. The van der Waals surface area contributed by atoms with E-state index in [4.69, 9.17) is 17.3 Å². The van der Waals surface area contributed by atoms with Crippen LogP contribution in [0.1, 0.15) is 24.8 Å². The molecular formula is C15H22ClN3. The summed E-state index contributed by atoms with van der Waals surface area (Å²) < 4.78 is 0. The number of benzene rings is 1. The van der Waals surface area contributed by atoms with E-state index in [2.05, 4.69) is 15.9 Å². The number of rotatable bonds is 2. The van der Waals surface area contributed by atoms with Crippen LogP contribution in [0.4, 0.5) is 5.69 Å². The molecular weight excluding hydrogens is 258 g/mol. The highest BCUT2D eigenvalue weighted by molar-refractivity contribution is 6.30. The second-order valence-corrected chi connectivity index (χ2v) is 6.05. The van der Waals surface area contributed by atoms with Crippen molar-refractivity contribution in [2.75, 3.05) is 31.1 Å². The molecule has 104 valence electrons. The molecule has 19 heavy (non-hydrogen) atoms. The Balaban J connectivity index is 1.79. The average Bonchev–Trinajstić information content (AvgIpc) is 2.46. The summed E-state index contributed by atoms with van der Waals surface area (Å²) in [7, 11) is 0. The molecule has 0 bridgehead atoms. The fourth-order valence-corrected chi connectivity index (χ4v) is 3.60. The van der Waals surface area contributed by atoms with Crippen molar-refractivity contribution >= 4 is 17.3 Å². The maximum atomic E-state index is 6.06. The van der Waals surface area contributed by atoms with E-state index in [-0.39, 0.29) is 0 Å². The Labute approximate surface area is 120 Å². The number of nitrogens with zero attached hydrogens (tertiary/aromatic N) is 2. The average molecular weight is 280 g/mol. The van der Waals surface area contributed by atoms with Crippen molar-refractivity contribution in [1.29, 1.82) is 0 Å². The highest BCUT2D eigenvalue weighted by Gasteiger charge is 2.29. The van der Waals surface area contributed by atoms with Crippen molar-refractivity contribution in [3.8, 4) is 0 Å². The summed E-state index contributed by atoms with van der Waals surface area (Å²) in [6, 6.07) is 6.83. The Kier molecular flexibility index (Phi) is 3.96. The van der Waals surface area contributed by atoms with E-state index in [9.17, 15) is 0 Å². The van der Waals surface area contributed by atoms with Crippen LogP contribution in [-0.2, 0) is 6.54 Å². The lowest BCUT2D eigenvalue weighted by Gasteiger charge is -2.45. The second-order valence-electron chi connectivity index (χ2n) is 5.61. The van der Waals surface area contributed by atoms with Gasteiger partial charge < -0.3 is 10.6 Å². The Morgan fingerprint density at radius 3 is 2.95 bits per heavy atom. The number of piperidine rings is 1. The van der Waals surface area contributed by atoms with E-state index < -0.39 is 0 Å². The monoisotopic (exact) mass is 279 g/mol. The molecule has 1 unspecified atom stereocenters. The lowest BCUT2D eigenvalue weighted by Crippen LogP contribution is -2.55. The molecule has 2 heterocycles. The van der Waals surface area contributed by atoms with Crippen molar-refractivity contribution in [2.45, 2.75) is 31.8 Å². The van der Waals surface area contributed by atoms with E-state index >= 15 is 0 Å². The molecule has 2 aliphatic rings. The minimum atomic E-state index is 0.556. The smallest absolute Gasteiger partial charge is 0.0413 e. The van der Waals surface area contributed by atoms with Gasteiger partial charge in [-0.1, -0.05) is 18.0 Å². The number of piperazine rings is 1. The molecule has 2 N–H and O–H groups in total. The van der Waals surface area contributed by atoms with Crippen LogP contribution in [0.15, 0.2) is 18.2 Å². The molecule has 2 saturated heterocycles. The first-order valence-electron chi connectivity index (χ1n) is 7.25. The van der Waals surface area contributed by atoms with Crippen LogP contribution in [0.2, 0.25) is 5.02 Å². The maximum Gasteiger partial charge on any atom is 0.0413 e. The highest BCUT2D eigenvalue weighted by atomic mass is 35.5. The fraction of sp³-hybridized carbons (Fsp3) is 0.600. The van der Waals surface area contributed by atoms with Gasteiger partial charge in [-0.2, -0.15) is 0 Å². The SMILES string of the molecule is NCc1cc(Cl)ccc1N1CCN2CCCCC2C1. The molecule has 4 heteroatoms. The van der Waals surface area contributed by atoms with E-state index in [1.54, 1.807) is 0 Å². The zero-order chi connectivity index (χ0) is 13.2. The number of hydrogen-bond donors (Lipinski definition) is 1. The Morgan fingerprint density at radius 2 is 2.11 bits per heavy atom. The number of halogens is 1. The zero-order valence-corrected chi connectivity index (χ0v) is 12.1. The van der Waals surface area contributed by atoms with E-state index in [0.717, 1.165) is 29.7 Å². The minimum absolute atomic E-state index is 0.556. The van der Waals surface area contributed by atoms with Gasteiger partial charge in [0.1, 0.15) is 0 Å². The van der Waals surface area contributed by atoms with Gasteiger partial charge in [0.05, 0.1) is 0 Å². The third kappa shape index (κ3) is 2.73. The van der Waals surface area contributed by atoms with Gasteiger partial charge in [-0.05, 0) is 43.1 Å². The van der Waals surface area contributed by atoms with Gasteiger partial charge in [-0.15, -0.1) is 0 Å². The molecule has 3 nitrogen and oxygen atoms in total. The Morgan fingerprint density at radius 1 is 1.21 bits per heavy atom. The van der Waals surface area contributed by atoms with Crippen LogP contribution < -0.4 is 10.6 Å². The van der Waals surface area contributed by atoms with Gasteiger partial charge in [0.2, 0.25) is 0 Å². The number of nitrogens with two attached hydrogens (primary N) is 1. The van der Waals surface area contributed by atoms with Crippen LogP contribution in [-0.4, -0.2) is 37.1 Å². The normalized spacial score (nSPS) is 24.3. The molecule has 0 aliphatic carbocycles. The minimum Gasteiger partial charge on any atom is -0.368 e. The van der Waals surface area contributed by atoms with Gasteiger partial charge in [0.25, 0.3) is 0 Å². The first-order chi connectivity index (χ1) is 9.28. The van der Waals surface area contributed by atoms with Gasteiger partial charge >= 0.3 is 0 Å². The van der Waals surface area contributed by atoms with Gasteiger partial charge in [-0.25, -0.2) is 0 Å². The summed E-state index contributed by atoms with van der Waals surface area (Å²) in [6.07, 6.45) is 4.08. The number of fused-ring (bicyclic) bond motifs is 1. The number of anilines is 1. The van der Waals surface area contributed by atoms with Crippen LogP contribution in [0.5, 0.6) is 0 Å². The second kappa shape index (κ2) is 5.70. The molecule has 1 aromatic carbocycles. The van der Waals surface area contributed by atoms with Gasteiger partial charge in [-0.3, -0.25) is 4.90 Å². The molecule has 3 rings (SSSR count). The molecule has 0 aromatic heterocycles. The van der Waals surface area contributed by atoms with Gasteiger partial charge in [0.15, 0.2) is 0 Å². The summed E-state index contributed by atoms with van der Waals surface area (Å²) in [5.74, 6) is 0. The summed E-state index contributed by atoms with van der Waals surface area (Å²) in [4.78, 5) is 5.14. The molecule has 0 radical (unpaired) electrons. The van der Waals surface area contributed by atoms with Crippen LogP contribution in [0.3, 0.4) is 0 Å². The lowest BCUT2D eigenvalue weighted by molar-refractivity contribution is 0.133. The third-order valence-electron chi connectivity index (χ3n) is 4.44. The standard InChI is InChI=1S/C15H22ClN3/c16-13-4-5-15(12(9-13)10-17)19-8-7-18-6-2-1-3-14(18)11-19/h4-5,9,14H,1-3,6-8,10-11,17H2. The van der Waals surface area contributed by atoms with Gasteiger partial charge in [0, 0.05) is 42.9 Å². The Hall–Kier alpha value is -0.770. The summed E-state index contributed by atoms with van der Waals surface area (Å²) >= 11 is 6.06. The molecule has 2 aliphatic heterocycles. The topological polar surface area (TPSA) is 32.5 Å². The molecule has 2 fully saturated rings.